The Morgan fingerprint density at radius 3 is 2.02 bits per heavy atom. The molecular formula is C36H45N3O4S. The number of nitrogens with zero attached hydrogens (tertiary/aromatic N) is 2. The van der Waals surface area contributed by atoms with Crippen molar-refractivity contribution in [3.8, 4) is 23.0 Å². The van der Waals surface area contributed by atoms with Crippen LogP contribution in [-0.2, 0) is 12.8 Å². The van der Waals surface area contributed by atoms with Crippen molar-refractivity contribution >= 4 is 23.0 Å². The minimum absolute atomic E-state index is 0.126. The van der Waals surface area contributed by atoms with Gasteiger partial charge in [-0.25, -0.2) is 0 Å². The summed E-state index contributed by atoms with van der Waals surface area (Å²) in [5, 5.41) is 4.31. The highest BCUT2D eigenvalue weighted by Crippen LogP contribution is 2.49. The normalized spacial score (nSPS) is 22.7. The van der Waals surface area contributed by atoms with Crippen molar-refractivity contribution in [2.75, 3.05) is 53.4 Å². The van der Waals surface area contributed by atoms with Crippen LogP contribution in [0.25, 0.3) is 0 Å². The lowest BCUT2D eigenvalue weighted by Gasteiger charge is -2.49. The van der Waals surface area contributed by atoms with Crippen LogP contribution in [-0.4, -0.2) is 63.0 Å². The van der Waals surface area contributed by atoms with Gasteiger partial charge in [-0.15, -0.1) is 0 Å². The van der Waals surface area contributed by atoms with Gasteiger partial charge in [0, 0.05) is 31.4 Å². The minimum atomic E-state index is 0.126. The summed E-state index contributed by atoms with van der Waals surface area (Å²) in [7, 11) is 6.87. The van der Waals surface area contributed by atoms with E-state index in [0.717, 1.165) is 85.5 Å². The van der Waals surface area contributed by atoms with Gasteiger partial charge in [-0.05, 0) is 108 Å². The highest BCUT2D eigenvalue weighted by Gasteiger charge is 2.41. The van der Waals surface area contributed by atoms with Gasteiger partial charge in [0.2, 0.25) is 0 Å². The van der Waals surface area contributed by atoms with Gasteiger partial charge >= 0.3 is 0 Å². The van der Waals surface area contributed by atoms with Gasteiger partial charge in [-0.3, -0.25) is 4.90 Å². The first-order valence-corrected chi connectivity index (χ1v) is 16.2. The Morgan fingerprint density at radius 2 is 1.39 bits per heavy atom. The molecular weight excluding hydrogens is 570 g/mol. The summed E-state index contributed by atoms with van der Waals surface area (Å²) >= 11 is 6.12. The van der Waals surface area contributed by atoms with Crippen molar-refractivity contribution in [1.82, 2.24) is 9.80 Å². The monoisotopic (exact) mass is 615 g/mol. The van der Waals surface area contributed by atoms with E-state index in [2.05, 4.69) is 58.4 Å². The molecule has 0 amide bonds. The average Bonchev–Trinajstić information content (AvgIpc) is 3.06. The number of nitrogens with one attached hydrogen (secondary N) is 1. The maximum atomic E-state index is 6.12. The second-order valence-electron chi connectivity index (χ2n) is 12.2. The summed E-state index contributed by atoms with van der Waals surface area (Å²) in [5.74, 6) is 4.31. The zero-order chi connectivity index (χ0) is 30.8. The number of thiocarbonyl (C=S) groups is 1. The zero-order valence-electron chi connectivity index (χ0n) is 26.6. The molecule has 0 aromatic heterocycles. The van der Waals surface area contributed by atoms with Crippen molar-refractivity contribution in [3.05, 3.63) is 76.9 Å². The fourth-order valence-corrected chi connectivity index (χ4v) is 8.12. The number of rotatable bonds is 8. The number of piperidine rings is 1. The molecule has 6 rings (SSSR count). The summed E-state index contributed by atoms with van der Waals surface area (Å²) in [5.41, 5.74) is 6.39. The van der Waals surface area contributed by atoms with E-state index in [1.54, 1.807) is 28.4 Å². The molecule has 3 aromatic rings. The SMILES string of the molecule is CCC1CN2CCc3cc(OC)c(OC)cc3C2CC1CC1c2cc(OC)c(OC)cc2CCN1C(=S)Nc1ccccc1. The van der Waals surface area contributed by atoms with Crippen molar-refractivity contribution in [2.24, 2.45) is 11.8 Å². The van der Waals surface area contributed by atoms with Crippen LogP contribution in [0, 0.1) is 11.8 Å². The van der Waals surface area contributed by atoms with Crippen molar-refractivity contribution in [2.45, 2.75) is 51.1 Å². The Balaban J connectivity index is 1.35. The first-order valence-electron chi connectivity index (χ1n) is 15.8. The molecule has 3 heterocycles. The summed E-state index contributed by atoms with van der Waals surface area (Å²) in [6.07, 6.45) is 5.22. The molecule has 7 nitrogen and oxygen atoms in total. The molecule has 3 aromatic carbocycles. The van der Waals surface area contributed by atoms with E-state index < -0.39 is 0 Å². The number of hydrogen-bond donors (Lipinski definition) is 1. The van der Waals surface area contributed by atoms with Gasteiger partial charge in [-0.2, -0.15) is 0 Å². The van der Waals surface area contributed by atoms with Crippen LogP contribution < -0.4 is 24.3 Å². The molecule has 8 heteroatoms. The van der Waals surface area contributed by atoms with Crippen molar-refractivity contribution in [3.63, 3.8) is 0 Å². The second kappa shape index (κ2) is 13.2. The predicted molar refractivity (Wildman–Crippen MR) is 179 cm³/mol. The summed E-state index contributed by atoms with van der Waals surface area (Å²) in [4.78, 5) is 5.12. The first kappa shape index (κ1) is 30.5. The minimum Gasteiger partial charge on any atom is -0.493 e. The fraction of sp³-hybridized carbons (Fsp3) is 0.472. The van der Waals surface area contributed by atoms with E-state index in [1.807, 2.05) is 18.2 Å². The molecule has 0 saturated carbocycles. The van der Waals surface area contributed by atoms with Crippen molar-refractivity contribution in [1.29, 1.82) is 0 Å². The summed E-state index contributed by atoms with van der Waals surface area (Å²) in [6, 6.07) is 19.5. The molecule has 0 bridgehead atoms. The first-order chi connectivity index (χ1) is 21.5. The Hall–Kier alpha value is -3.49. The van der Waals surface area contributed by atoms with Crippen LogP contribution in [0.15, 0.2) is 54.6 Å². The van der Waals surface area contributed by atoms with E-state index in [-0.39, 0.29) is 6.04 Å². The largest absolute Gasteiger partial charge is 0.493 e. The van der Waals surface area contributed by atoms with E-state index in [4.69, 9.17) is 31.2 Å². The molecule has 44 heavy (non-hydrogen) atoms. The molecule has 0 aliphatic carbocycles. The lowest BCUT2D eigenvalue weighted by Crippen LogP contribution is -2.48. The summed E-state index contributed by atoms with van der Waals surface area (Å²) < 4.78 is 22.9. The number of para-hydroxylation sites is 1. The van der Waals surface area contributed by atoms with Crippen LogP contribution in [0.5, 0.6) is 23.0 Å². The molecule has 234 valence electrons. The Morgan fingerprint density at radius 1 is 0.795 bits per heavy atom. The predicted octanol–water partition coefficient (Wildman–Crippen LogP) is 7.05. The standard InChI is InChI=1S/C36H45N3O4S/c1-6-23-22-38-14-12-24-18-32(40-2)34(42-4)20-28(24)30(38)16-26(23)17-31-29-21-35(43-5)33(41-3)19-25(29)13-15-39(31)36(44)37-27-10-8-7-9-11-27/h7-11,18-21,23,26,30-31H,6,12-17,22H2,1-5H3,(H,37,44). The Labute approximate surface area is 267 Å². The number of methoxy groups -OCH3 is 4. The van der Waals surface area contributed by atoms with Crippen LogP contribution in [0.3, 0.4) is 0 Å². The number of benzene rings is 3. The van der Waals surface area contributed by atoms with Crippen LogP contribution >= 0.6 is 12.2 Å². The van der Waals surface area contributed by atoms with Gasteiger partial charge in [0.1, 0.15) is 0 Å². The van der Waals surface area contributed by atoms with E-state index >= 15 is 0 Å². The highest BCUT2D eigenvalue weighted by atomic mass is 32.1. The molecule has 3 aliphatic rings. The van der Waals surface area contributed by atoms with Gasteiger partial charge < -0.3 is 29.2 Å². The number of fused-ring (bicyclic) bond motifs is 4. The zero-order valence-corrected chi connectivity index (χ0v) is 27.4. The lowest BCUT2D eigenvalue weighted by molar-refractivity contribution is 0.0379. The van der Waals surface area contributed by atoms with Gasteiger partial charge in [0.15, 0.2) is 28.1 Å². The van der Waals surface area contributed by atoms with Gasteiger partial charge in [0.25, 0.3) is 0 Å². The third-order valence-electron chi connectivity index (χ3n) is 10.1. The number of hydrogen-bond acceptors (Lipinski definition) is 6. The highest BCUT2D eigenvalue weighted by molar-refractivity contribution is 7.80. The number of ether oxygens (including phenoxy) is 4. The maximum absolute atomic E-state index is 6.12. The third-order valence-corrected chi connectivity index (χ3v) is 10.5. The molecule has 3 aliphatic heterocycles. The smallest absolute Gasteiger partial charge is 0.173 e. The van der Waals surface area contributed by atoms with E-state index in [0.29, 0.717) is 17.9 Å². The quantitative estimate of drug-likeness (QED) is 0.271. The Kier molecular flexibility index (Phi) is 9.19. The molecule has 0 spiro atoms. The number of anilines is 1. The topological polar surface area (TPSA) is 55.4 Å². The van der Waals surface area contributed by atoms with E-state index in [1.165, 1.54) is 22.3 Å². The molecule has 1 fully saturated rings. The average molecular weight is 616 g/mol. The van der Waals surface area contributed by atoms with Crippen LogP contribution in [0.2, 0.25) is 0 Å². The Bertz CT molecular complexity index is 1480. The molecule has 4 unspecified atom stereocenters. The molecule has 1 N–H and O–H groups in total. The van der Waals surface area contributed by atoms with Crippen molar-refractivity contribution < 1.29 is 18.9 Å². The van der Waals surface area contributed by atoms with Crippen LogP contribution in [0.4, 0.5) is 5.69 Å². The summed E-state index contributed by atoms with van der Waals surface area (Å²) in [6.45, 7) is 5.39. The van der Waals surface area contributed by atoms with Gasteiger partial charge in [-0.1, -0.05) is 31.5 Å². The van der Waals surface area contributed by atoms with E-state index in [9.17, 15) is 0 Å². The fourth-order valence-electron chi connectivity index (χ4n) is 7.78. The molecule has 1 saturated heterocycles. The maximum Gasteiger partial charge on any atom is 0.173 e. The molecule has 0 radical (unpaired) electrons. The third kappa shape index (κ3) is 5.82. The second-order valence-corrected chi connectivity index (χ2v) is 12.6. The lowest BCUT2D eigenvalue weighted by atomic mass is 9.72. The van der Waals surface area contributed by atoms with Crippen LogP contribution in [0.1, 0.15) is 60.5 Å². The molecule has 4 atom stereocenters. The van der Waals surface area contributed by atoms with Gasteiger partial charge in [0.05, 0.1) is 34.5 Å².